The van der Waals surface area contributed by atoms with Gasteiger partial charge in [-0.3, -0.25) is 0 Å². The lowest BCUT2D eigenvalue weighted by Gasteiger charge is -2.11. The summed E-state index contributed by atoms with van der Waals surface area (Å²) in [5, 5.41) is 0. The summed E-state index contributed by atoms with van der Waals surface area (Å²) in [7, 11) is 0. The van der Waals surface area contributed by atoms with Crippen molar-refractivity contribution in [3.05, 3.63) is 17.9 Å². The average molecular weight is 494 g/mol. The van der Waals surface area contributed by atoms with Gasteiger partial charge >= 0.3 is 6.36 Å². The van der Waals surface area contributed by atoms with Crippen molar-refractivity contribution >= 4 is 61.1 Å². The minimum Gasteiger partial charge on any atom is -0.404 e. The van der Waals surface area contributed by atoms with Crippen LogP contribution < -0.4 is 4.74 Å². The molecule has 0 amide bonds. The van der Waals surface area contributed by atoms with Gasteiger partial charge in [0.05, 0.1) is 3.57 Å². The van der Waals surface area contributed by atoms with Crippen LogP contribution in [0.15, 0.2) is 10.7 Å². The van der Waals surface area contributed by atoms with Crippen LogP contribution >= 0.6 is 61.1 Å². The Labute approximate surface area is 113 Å². The SMILES string of the molecule is FC(F)(F)Oc1cc(Br)nc(I)c1I. The van der Waals surface area contributed by atoms with Crippen LogP contribution in [0.2, 0.25) is 0 Å². The van der Waals surface area contributed by atoms with E-state index in [4.69, 9.17) is 0 Å². The Bertz CT molecular complexity index is 358. The van der Waals surface area contributed by atoms with Crippen LogP contribution in [-0.2, 0) is 0 Å². The first kappa shape index (κ1) is 12.7. The van der Waals surface area contributed by atoms with Gasteiger partial charge in [-0.2, -0.15) is 0 Å². The number of ether oxygens (including phenoxy) is 1. The second-order valence-corrected chi connectivity index (χ2v) is 5.01. The minimum absolute atomic E-state index is 0.246. The standard InChI is InChI=1S/C6HBrF3I2NO/c7-3-1-2(14-6(8,9)10)4(11)5(12)13-3/h1H. The van der Waals surface area contributed by atoms with Crippen molar-refractivity contribution in [1.82, 2.24) is 4.98 Å². The summed E-state index contributed by atoms with van der Waals surface area (Å²) < 4.78 is 40.7. The summed E-state index contributed by atoms with van der Waals surface area (Å²) in [6.07, 6.45) is -4.68. The average Bonchev–Trinajstić information content (AvgIpc) is 1.96. The number of pyridine rings is 1. The van der Waals surface area contributed by atoms with Crippen LogP contribution in [0.5, 0.6) is 5.75 Å². The van der Waals surface area contributed by atoms with Gasteiger partial charge in [-0.15, -0.1) is 13.2 Å². The number of hydrogen-bond acceptors (Lipinski definition) is 2. The van der Waals surface area contributed by atoms with Crippen LogP contribution in [0.4, 0.5) is 13.2 Å². The highest BCUT2D eigenvalue weighted by molar-refractivity contribution is 14.1. The highest BCUT2D eigenvalue weighted by Crippen LogP contribution is 2.31. The van der Waals surface area contributed by atoms with Crippen LogP contribution in [0.3, 0.4) is 0 Å². The number of alkyl halides is 3. The Balaban J connectivity index is 3.09. The molecule has 1 rings (SSSR count). The Kier molecular flexibility index (Phi) is 4.26. The Morgan fingerprint density at radius 2 is 1.93 bits per heavy atom. The van der Waals surface area contributed by atoms with E-state index in [2.05, 4.69) is 25.7 Å². The minimum atomic E-state index is -4.68. The maximum Gasteiger partial charge on any atom is 0.573 e. The van der Waals surface area contributed by atoms with E-state index in [0.717, 1.165) is 0 Å². The third-order valence-electron chi connectivity index (χ3n) is 1.08. The molecule has 1 heterocycles. The Morgan fingerprint density at radius 3 is 2.43 bits per heavy atom. The predicted octanol–water partition coefficient (Wildman–Crippen LogP) is 3.95. The van der Waals surface area contributed by atoms with E-state index in [9.17, 15) is 13.2 Å². The fraction of sp³-hybridized carbons (Fsp3) is 0.167. The molecule has 0 aliphatic rings. The summed E-state index contributed by atoms with van der Waals surface area (Å²) in [6.45, 7) is 0. The molecule has 0 saturated carbocycles. The maximum absolute atomic E-state index is 11.9. The van der Waals surface area contributed by atoms with Gasteiger partial charge in [-0.1, -0.05) is 0 Å². The first-order valence-corrected chi connectivity index (χ1v) is 6.02. The van der Waals surface area contributed by atoms with Gasteiger partial charge in [-0.25, -0.2) is 4.98 Å². The molecule has 2 nitrogen and oxygen atoms in total. The molecule has 1 aromatic heterocycles. The molecule has 0 atom stereocenters. The smallest absolute Gasteiger partial charge is 0.404 e. The van der Waals surface area contributed by atoms with Gasteiger partial charge < -0.3 is 4.74 Å². The fourth-order valence-electron chi connectivity index (χ4n) is 0.647. The lowest BCUT2D eigenvalue weighted by atomic mass is 10.5. The van der Waals surface area contributed by atoms with E-state index < -0.39 is 6.36 Å². The number of aromatic nitrogens is 1. The van der Waals surface area contributed by atoms with Crippen molar-refractivity contribution in [2.75, 3.05) is 0 Å². The van der Waals surface area contributed by atoms with Crippen LogP contribution in [0.25, 0.3) is 0 Å². The molecule has 0 N–H and O–H groups in total. The van der Waals surface area contributed by atoms with E-state index in [1.165, 1.54) is 6.07 Å². The first-order valence-electron chi connectivity index (χ1n) is 3.07. The molecule has 78 valence electrons. The second kappa shape index (κ2) is 4.68. The molecule has 0 spiro atoms. The quantitative estimate of drug-likeness (QED) is 0.437. The summed E-state index contributed by atoms with van der Waals surface area (Å²) in [5.74, 6) is -0.246. The van der Waals surface area contributed by atoms with Crippen molar-refractivity contribution in [2.45, 2.75) is 6.36 Å². The van der Waals surface area contributed by atoms with Gasteiger partial charge in [0.1, 0.15) is 14.1 Å². The summed E-state index contributed by atoms with van der Waals surface area (Å²) in [5.41, 5.74) is 0. The van der Waals surface area contributed by atoms with Crippen molar-refractivity contribution < 1.29 is 17.9 Å². The van der Waals surface area contributed by atoms with Crippen LogP contribution in [0.1, 0.15) is 0 Å². The summed E-state index contributed by atoms with van der Waals surface area (Å²) in [6, 6.07) is 1.18. The number of rotatable bonds is 1. The zero-order valence-electron chi connectivity index (χ0n) is 6.20. The van der Waals surface area contributed by atoms with E-state index in [1.807, 2.05) is 22.6 Å². The number of nitrogens with zero attached hydrogens (tertiary/aromatic N) is 1. The first-order chi connectivity index (χ1) is 6.29. The summed E-state index contributed by atoms with van der Waals surface area (Å²) >= 11 is 6.56. The monoisotopic (exact) mass is 493 g/mol. The molecule has 0 aliphatic heterocycles. The molecule has 0 radical (unpaired) electrons. The zero-order chi connectivity index (χ0) is 10.9. The van der Waals surface area contributed by atoms with Crippen molar-refractivity contribution in [3.63, 3.8) is 0 Å². The van der Waals surface area contributed by atoms with E-state index >= 15 is 0 Å². The topological polar surface area (TPSA) is 22.1 Å². The molecule has 0 fully saturated rings. The molecule has 14 heavy (non-hydrogen) atoms. The lowest BCUT2D eigenvalue weighted by molar-refractivity contribution is -0.275. The third kappa shape index (κ3) is 3.68. The number of hydrogen-bond donors (Lipinski definition) is 0. The van der Waals surface area contributed by atoms with E-state index in [-0.39, 0.29) is 5.75 Å². The molecule has 0 bridgehead atoms. The summed E-state index contributed by atoms with van der Waals surface area (Å²) in [4.78, 5) is 3.91. The highest BCUT2D eigenvalue weighted by atomic mass is 127. The van der Waals surface area contributed by atoms with Gasteiger partial charge in [-0.05, 0) is 61.1 Å². The molecule has 1 aromatic rings. The Hall–Kier alpha value is 0.680. The maximum atomic E-state index is 11.9. The highest BCUT2D eigenvalue weighted by Gasteiger charge is 2.32. The molecular formula is C6HBrF3I2NO. The molecule has 0 unspecified atom stereocenters. The fourth-order valence-corrected chi connectivity index (χ4v) is 2.28. The predicted molar refractivity (Wildman–Crippen MR) is 64.1 cm³/mol. The largest absolute Gasteiger partial charge is 0.573 e. The second-order valence-electron chi connectivity index (χ2n) is 2.10. The lowest BCUT2D eigenvalue weighted by Crippen LogP contribution is -2.18. The van der Waals surface area contributed by atoms with Crippen LogP contribution in [0, 0.1) is 7.27 Å². The molecule has 0 saturated heterocycles. The normalized spacial score (nSPS) is 11.6. The van der Waals surface area contributed by atoms with Crippen molar-refractivity contribution in [3.8, 4) is 5.75 Å². The Morgan fingerprint density at radius 1 is 1.36 bits per heavy atom. The zero-order valence-corrected chi connectivity index (χ0v) is 12.1. The van der Waals surface area contributed by atoms with Crippen LogP contribution in [-0.4, -0.2) is 11.3 Å². The molecule has 8 heteroatoms. The molecule has 0 aromatic carbocycles. The van der Waals surface area contributed by atoms with Crippen molar-refractivity contribution in [1.29, 1.82) is 0 Å². The third-order valence-corrected chi connectivity index (χ3v) is 4.34. The van der Waals surface area contributed by atoms with Gasteiger partial charge in [0, 0.05) is 6.07 Å². The van der Waals surface area contributed by atoms with Gasteiger partial charge in [0.15, 0.2) is 0 Å². The van der Waals surface area contributed by atoms with Gasteiger partial charge in [0.25, 0.3) is 0 Å². The molecule has 0 aliphatic carbocycles. The van der Waals surface area contributed by atoms with E-state index in [0.29, 0.717) is 11.9 Å². The van der Waals surface area contributed by atoms with Crippen molar-refractivity contribution in [2.24, 2.45) is 0 Å². The number of halogens is 6. The van der Waals surface area contributed by atoms with E-state index in [1.54, 1.807) is 22.6 Å². The van der Waals surface area contributed by atoms with Gasteiger partial charge in [0.2, 0.25) is 0 Å². The molecular weight excluding hydrogens is 493 g/mol.